The summed E-state index contributed by atoms with van der Waals surface area (Å²) in [4.78, 5) is 9.62. The number of nitrogen functional groups attached to an aromatic ring is 2. The fraction of sp³-hybridized carbons (Fsp3) is 0.600. The molecule has 0 bridgehead atoms. The van der Waals surface area contributed by atoms with Gasteiger partial charge in [0, 0.05) is 6.20 Å². The normalized spacial score (nSPS) is 9.60. The van der Waals surface area contributed by atoms with Gasteiger partial charge in [0.25, 0.3) is 0 Å². The average Bonchev–Trinajstić information content (AvgIpc) is 2.21. The van der Waals surface area contributed by atoms with Crippen LogP contribution in [0.15, 0.2) is 12.3 Å². The first kappa shape index (κ1) is 13.6. The van der Waals surface area contributed by atoms with Crippen molar-refractivity contribution in [3.63, 3.8) is 0 Å². The lowest BCUT2D eigenvalue weighted by molar-refractivity contribution is 0.321. The third-order valence-corrected chi connectivity index (χ3v) is 2.04. The van der Waals surface area contributed by atoms with E-state index < -0.39 is 0 Å². The van der Waals surface area contributed by atoms with Crippen molar-refractivity contribution < 1.29 is 0 Å². The second-order valence-electron chi connectivity index (χ2n) is 2.96. The fourth-order valence-corrected chi connectivity index (χ4v) is 1.06. The fourth-order valence-electron chi connectivity index (χ4n) is 1.06. The van der Waals surface area contributed by atoms with Crippen LogP contribution in [0.5, 0.6) is 0 Å². The Morgan fingerprint density at radius 2 is 1.67 bits per heavy atom. The molecule has 1 heterocycles. The number of hydrogen-bond acceptors (Lipinski definition) is 5. The number of rotatable bonds is 3. The zero-order valence-electron chi connectivity index (χ0n) is 9.77. The van der Waals surface area contributed by atoms with Crippen LogP contribution in [-0.2, 0) is 0 Å². The highest BCUT2D eigenvalue weighted by atomic mass is 15.1. The summed E-state index contributed by atoms with van der Waals surface area (Å²) >= 11 is 0. The highest BCUT2D eigenvalue weighted by Crippen LogP contribution is 1.94. The Bertz CT molecular complexity index is 237. The van der Waals surface area contributed by atoms with Crippen LogP contribution in [0, 0.1) is 0 Å². The summed E-state index contributed by atoms with van der Waals surface area (Å²) in [6, 6.07) is 1.58. The summed E-state index contributed by atoms with van der Waals surface area (Å²) in [7, 11) is 0. The minimum Gasteiger partial charge on any atom is -0.384 e. The molecule has 0 aliphatic rings. The maximum absolute atomic E-state index is 5.23. The molecule has 0 saturated heterocycles. The second-order valence-corrected chi connectivity index (χ2v) is 2.96. The molecule has 4 N–H and O–H groups in total. The molecule has 15 heavy (non-hydrogen) atoms. The summed E-state index contributed by atoms with van der Waals surface area (Å²) in [5.74, 6) is 0.613. The molecule has 86 valence electrons. The first-order chi connectivity index (χ1) is 7.13. The minimum absolute atomic E-state index is 0.213. The zero-order chi connectivity index (χ0) is 11.7. The lowest BCUT2D eigenvalue weighted by atomic mass is 10.5. The van der Waals surface area contributed by atoms with Crippen molar-refractivity contribution in [1.29, 1.82) is 0 Å². The largest absolute Gasteiger partial charge is 0.384 e. The van der Waals surface area contributed by atoms with E-state index in [1.165, 1.54) is 25.8 Å². The maximum atomic E-state index is 5.23. The van der Waals surface area contributed by atoms with Gasteiger partial charge in [0.2, 0.25) is 5.95 Å². The van der Waals surface area contributed by atoms with Gasteiger partial charge in [-0.3, -0.25) is 0 Å². The van der Waals surface area contributed by atoms with Crippen LogP contribution in [0.1, 0.15) is 20.8 Å². The van der Waals surface area contributed by atoms with Crippen LogP contribution in [-0.4, -0.2) is 34.5 Å². The molecule has 0 aliphatic heterocycles. The number of nitrogens with two attached hydrogens (primary N) is 2. The van der Waals surface area contributed by atoms with Gasteiger partial charge >= 0.3 is 0 Å². The molecular weight excluding hydrogens is 190 g/mol. The van der Waals surface area contributed by atoms with E-state index in [1.807, 2.05) is 0 Å². The van der Waals surface area contributed by atoms with Crippen molar-refractivity contribution in [1.82, 2.24) is 14.9 Å². The molecule has 0 aliphatic carbocycles. The third kappa shape index (κ3) is 6.68. The molecule has 1 rings (SSSR count). The van der Waals surface area contributed by atoms with E-state index in [9.17, 15) is 0 Å². The molecule has 0 aromatic carbocycles. The van der Waals surface area contributed by atoms with Gasteiger partial charge in [0.15, 0.2) is 0 Å². The molecule has 0 saturated carbocycles. The van der Waals surface area contributed by atoms with Crippen molar-refractivity contribution in [3.8, 4) is 0 Å². The molecule has 5 heteroatoms. The van der Waals surface area contributed by atoms with Crippen molar-refractivity contribution >= 4 is 11.8 Å². The van der Waals surface area contributed by atoms with Gasteiger partial charge in [-0.2, -0.15) is 4.98 Å². The smallest absolute Gasteiger partial charge is 0.221 e. The summed E-state index contributed by atoms with van der Waals surface area (Å²) in [5, 5.41) is 0. The minimum atomic E-state index is 0.213. The van der Waals surface area contributed by atoms with E-state index in [0.29, 0.717) is 5.82 Å². The molecule has 1 aromatic heterocycles. The van der Waals surface area contributed by atoms with Crippen molar-refractivity contribution in [2.45, 2.75) is 20.8 Å². The number of hydrogen-bond donors (Lipinski definition) is 2. The molecule has 0 unspecified atom stereocenters. The topological polar surface area (TPSA) is 81.1 Å². The molecular formula is C10H21N5. The number of nitrogens with zero attached hydrogens (tertiary/aromatic N) is 3. The second kappa shape index (κ2) is 7.99. The predicted molar refractivity (Wildman–Crippen MR) is 64.3 cm³/mol. The van der Waals surface area contributed by atoms with E-state index in [2.05, 4.69) is 35.6 Å². The zero-order valence-corrected chi connectivity index (χ0v) is 9.77. The van der Waals surface area contributed by atoms with Crippen LogP contribution >= 0.6 is 0 Å². The Balaban J connectivity index is 0.000000265. The Hall–Kier alpha value is -1.36. The van der Waals surface area contributed by atoms with Crippen LogP contribution in [0.4, 0.5) is 11.8 Å². The Morgan fingerprint density at radius 3 is 1.87 bits per heavy atom. The summed E-state index contributed by atoms with van der Waals surface area (Å²) in [6.45, 7) is 10.1. The quantitative estimate of drug-likeness (QED) is 0.779. The van der Waals surface area contributed by atoms with Gasteiger partial charge in [-0.25, -0.2) is 4.98 Å². The average molecular weight is 211 g/mol. The summed E-state index contributed by atoms with van der Waals surface area (Å²) in [5.41, 5.74) is 10.4. The highest BCUT2D eigenvalue weighted by Gasteiger charge is 1.89. The molecule has 1 aromatic rings. The van der Waals surface area contributed by atoms with Crippen LogP contribution in [0.3, 0.4) is 0 Å². The van der Waals surface area contributed by atoms with E-state index in [0.717, 1.165) is 0 Å². The standard InChI is InChI=1S/C6H15N.C4H6N4/c1-4-7(5-2)6-3;5-3-1-2-7-4(6)8-3/h4-6H2,1-3H3;1-2H,(H4,5,6,7,8). The maximum Gasteiger partial charge on any atom is 0.221 e. The Kier molecular flexibility index (Phi) is 7.27. The SMILES string of the molecule is CCN(CC)CC.Nc1ccnc(N)n1. The molecule has 0 amide bonds. The Morgan fingerprint density at radius 1 is 1.13 bits per heavy atom. The van der Waals surface area contributed by atoms with Crippen LogP contribution < -0.4 is 11.5 Å². The molecule has 0 radical (unpaired) electrons. The monoisotopic (exact) mass is 211 g/mol. The van der Waals surface area contributed by atoms with Crippen LogP contribution in [0.25, 0.3) is 0 Å². The predicted octanol–water partition coefficient (Wildman–Crippen LogP) is 0.989. The van der Waals surface area contributed by atoms with Gasteiger partial charge in [-0.15, -0.1) is 0 Å². The highest BCUT2D eigenvalue weighted by molar-refractivity contribution is 5.31. The molecule has 0 spiro atoms. The van der Waals surface area contributed by atoms with E-state index in [-0.39, 0.29) is 5.95 Å². The van der Waals surface area contributed by atoms with Crippen molar-refractivity contribution in [3.05, 3.63) is 12.3 Å². The molecule has 0 fully saturated rings. The van der Waals surface area contributed by atoms with Gasteiger partial charge < -0.3 is 16.4 Å². The van der Waals surface area contributed by atoms with Crippen molar-refractivity contribution in [2.24, 2.45) is 0 Å². The number of anilines is 2. The van der Waals surface area contributed by atoms with Crippen LogP contribution in [0.2, 0.25) is 0 Å². The summed E-state index contributed by atoms with van der Waals surface area (Å²) in [6.07, 6.45) is 1.51. The van der Waals surface area contributed by atoms with Gasteiger partial charge in [-0.05, 0) is 25.7 Å². The Labute approximate surface area is 91.5 Å². The van der Waals surface area contributed by atoms with E-state index >= 15 is 0 Å². The van der Waals surface area contributed by atoms with E-state index in [4.69, 9.17) is 11.5 Å². The lowest BCUT2D eigenvalue weighted by Gasteiger charge is -2.13. The first-order valence-corrected chi connectivity index (χ1v) is 5.20. The number of aromatic nitrogens is 2. The van der Waals surface area contributed by atoms with Gasteiger partial charge in [-0.1, -0.05) is 20.8 Å². The van der Waals surface area contributed by atoms with E-state index in [1.54, 1.807) is 6.07 Å². The first-order valence-electron chi connectivity index (χ1n) is 5.20. The third-order valence-electron chi connectivity index (χ3n) is 2.04. The summed E-state index contributed by atoms with van der Waals surface area (Å²) < 4.78 is 0. The van der Waals surface area contributed by atoms with Crippen molar-refractivity contribution in [2.75, 3.05) is 31.1 Å². The van der Waals surface area contributed by atoms with Gasteiger partial charge in [0.1, 0.15) is 5.82 Å². The molecule has 5 nitrogen and oxygen atoms in total. The lowest BCUT2D eigenvalue weighted by Crippen LogP contribution is -2.21. The van der Waals surface area contributed by atoms with Gasteiger partial charge in [0.05, 0.1) is 0 Å². The molecule has 0 atom stereocenters.